The molecule has 0 aromatic heterocycles. The van der Waals surface area contributed by atoms with Gasteiger partial charge in [-0.15, -0.1) is 0 Å². The monoisotopic (exact) mass is 842 g/mol. The molecule has 0 spiro atoms. The van der Waals surface area contributed by atoms with Gasteiger partial charge in [-0.25, -0.2) is 21.6 Å². The number of anilines is 4. The molecule has 21 heteroatoms. The first-order valence-corrected chi connectivity index (χ1v) is 21.7. The number of carbonyl (C=O) groups is 1. The third-order valence-electron chi connectivity index (χ3n) is 8.37. The zero-order valence-corrected chi connectivity index (χ0v) is 32.1. The van der Waals surface area contributed by atoms with E-state index in [1.807, 2.05) is 0 Å². The number of phenolic OH excluding ortho intramolecular Hbond substituents is 2. The van der Waals surface area contributed by atoms with Crippen LogP contribution in [0.1, 0.15) is 11.1 Å². The lowest BCUT2D eigenvalue weighted by Crippen LogP contribution is -2.21. The van der Waals surface area contributed by atoms with Crippen LogP contribution >= 0.6 is 0 Å². The first-order valence-electron chi connectivity index (χ1n) is 15.8. The highest BCUT2D eigenvalue weighted by Gasteiger charge is 2.24. The van der Waals surface area contributed by atoms with Crippen molar-refractivity contribution in [3.8, 4) is 11.5 Å². The van der Waals surface area contributed by atoms with E-state index in [9.17, 15) is 57.8 Å². The van der Waals surface area contributed by atoms with Gasteiger partial charge < -0.3 is 20.8 Å². The molecule has 0 fully saturated rings. The number of carbonyl (C=O) groups excluding carboxylic acids is 1. The number of amides is 2. The molecule has 292 valence electrons. The minimum atomic E-state index is -4.79. The number of hydrogen-bond acceptors (Lipinski definition) is 11. The average molecular weight is 843 g/mol. The summed E-state index contributed by atoms with van der Waals surface area (Å²) in [6.07, 6.45) is 0. The van der Waals surface area contributed by atoms with Crippen LogP contribution in [0.25, 0.3) is 21.5 Å². The molecule has 17 nitrogen and oxygen atoms in total. The fourth-order valence-corrected chi connectivity index (χ4v) is 9.52. The van der Waals surface area contributed by atoms with E-state index in [1.165, 1.54) is 74.5 Å². The van der Waals surface area contributed by atoms with Gasteiger partial charge in [0.15, 0.2) is 0 Å². The minimum absolute atomic E-state index is 0.0202. The number of aromatic hydroxyl groups is 2. The molecule has 0 saturated heterocycles. The fraction of sp³-hybridized carbons (Fsp3) is 0.0571. The van der Waals surface area contributed by atoms with E-state index in [4.69, 9.17) is 0 Å². The summed E-state index contributed by atoms with van der Waals surface area (Å²) in [4.78, 5) is 11.2. The SMILES string of the molecule is Cc1ccc(NC(=O)Nc2ccc(C)c(S(=O)(=O)Nc3cc(S(=O)(=O)O)cc4cc(O)ccc34)c2)cc1S(=O)(=O)Nc1cc(S(=O)(=O)O)cc2cc(O)ccc12. The standard InChI is InChI=1S/C35H30N4O13S4/c1-19-3-5-23(15-33(19)53(43,44)38-31-17-27(55(47,48)49)13-21-11-25(40)7-9-29(21)31)36-35(42)37-24-6-4-20(2)34(16-24)54(45,46)39-32-18-28(56(50,51)52)14-22-12-26(41)8-10-30(22)32/h3-18,38-41H,1-2H3,(H2,36,37,42)(H,47,48,49)(H,50,51,52). The van der Waals surface area contributed by atoms with Gasteiger partial charge >= 0.3 is 6.03 Å². The smallest absolute Gasteiger partial charge is 0.323 e. The first kappa shape index (κ1) is 39.7. The predicted molar refractivity (Wildman–Crippen MR) is 207 cm³/mol. The van der Waals surface area contributed by atoms with Gasteiger partial charge in [-0.2, -0.15) is 16.8 Å². The Hall–Kier alpha value is -5.97. The maximum Gasteiger partial charge on any atom is 0.323 e. The van der Waals surface area contributed by atoms with Gasteiger partial charge in [-0.3, -0.25) is 18.5 Å². The Balaban J connectivity index is 1.25. The fourth-order valence-electron chi connectivity index (χ4n) is 5.75. The van der Waals surface area contributed by atoms with Crippen molar-refractivity contribution < 1.29 is 57.8 Å². The molecule has 6 aromatic carbocycles. The second kappa shape index (κ2) is 14.3. The normalized spacial score (nSPS) is 12.4. The molecule has 0 aliphatic rings. The number of aryl methyl sites for hydroxylation is 2. The molecule has 0 heterocycles. The van der Waals surface area contributed by atoms with Crippen molar-refractivity contribution in [3.63, 3.8) is 0 Å². The summed E-state index contributed by atoms with van der Waals surface area (Å²) in [5.41, 5.74) is -0.0537. The van der Waals surface area contributed by atoms with E-state index in [2.05, 4.69) is 20.1 Å². The third kappa shape index (κ3) is 8.46. The lowest BCUT2D eigenvalue weighted by atomic mass is 10.1. The van der Waals surface area contributed by atoms with Crippen LogP contribution < -0.4 is 20.1 Å². The summed E-state index contributed by atoms with van der Waals surface area (Å²) in [6, 6.07) is 18.4. The summed E-state index contributed by atoms with van der Waals surface area (Å²) in [7, 11) is -18.6. The molecule has 6 rings (SSSR count). The van der Waals surface area contributed by atoms with Crippen molar-refractivity contribution >= 4 is 90.6 Å². The lowest BCUT2D eigenvalue weighted by Gasteiger charge is -2.16. The van der Waals surface area contributed by atoms with Gasteiger partial charge in [0.05, 0.1) is 31.0 Å². The Kier molecular flexibility index (Phi) is 10.1. The van der Waals surface area contributed by atoms with Crippen molar-refractivity contribution in [2.45, 2.75) is 33.4 Å². The second-order valence-corrected chi connectivity index (χ2v) is 18.6. The summed E-state index contributed by atoms with van der Waals surface area (Å²) in [6.45, 7) is 2.94. The van der Waals surface area contributed by atoms with Crippen LogP contribution in [0, 0.1) is 13.8 Å². The van der Waals surface area contributed by atoms with Gasteiger partial charge in [0.2, 0.25) is 0 Å². The van der Waals surface area contributed by atoms with Crippen molar-refractivity contribution in [2.24, 2.45) is 0 Å². The van der Waals surface area contributed by atoms with Gasteiger partial charge in [0.1, 0.15) is 11.5 Å². The molecule has 0 aliphatic heterocycles. The summed E-state index contributed by atoms with van der Waals surface area (Å²) in [5, 5.41) is 25.3. The van der Waals surface area contributed by atoms with Crippen LogP contribution in [-0.4, -0.2) is 59.0 Å². The Morgan fingerprint density at radius 3 is 1.23 bits per heavy atom. The molecule has 0 unspecified atom stereocenters. The van der Waals surface area contributed by atoms with Crippen LogP contribution in [0.4, 0.5) is 27.5 Å². The number of hydrogen-bond donors (Lipinski definition) is 8. The molecule has 2 amide bonds. The maximum absolute atomic E-state index is 13.7. The van der Waals surface area contributed by atoms with Gasteiger partial charge in [-0.05, 0) is 121 Å². The molecule has 8 N–H and O–H groups in total. The van der Waals surface area contributed by atoms with Crippen molar-refractivity contribution in [1.29, 1.82) is 0 Å². The number of urea groups is 1. The maximum atomic E-state index is 13.7. The van der Waals surface area contributed by atoms with E-state index in [-0.39, 0.29) is 76.7 Å². The lowest BCUT2D eigenvalue weighted by molar-refractivity contribution is 0.262. The molecule has 0 saturated carbocycles. The van der Waals surface area contributed by atoms with Gasteiger partial charge in [0, 0.05) is 22.1 Å². The molecular weight excluding hydrogens is 813 g/mol. The van der Waals surface area contributed by atoms with Crippen LogP contribution in [0.5, 0.6) is 11.5 Å². The average Bonchev–Trinajstić information content (AvgIpc) is 3.08. The highest BCUT2D eigenvalue weighted by Crippen LogP contribution is 2.34. The second-order valence-electron chi connectivity index (χ2n) is 12.5. The molecule has 0 aliphatic carbocycles. The Morgan fingerprint density at radius 1 is 0.500 bits per heavy atom. The summed E-state index contributed by atoms with van der Waals surface area (Å²) >= 11 is 0. The highest BCUT2D eigenvalue weighted by molar-refractivity contribution is 7.93. The van der Waals surface area contributed by atoms with E-state index in [1.54, 1.807) is 0 Å². The molecular formula is C35H30N4O13S4. The van der Waals surface area contributed by atoms with E-state index in [0.717, 1.165) is 36.4 Å². The molecule has 56 heavy (non-hydrogen) atoms. The van der Waals surface area contributed by atoms with Crippen LogP contribution in [0.15, 0.2) is 117 Å². The number of phenols is 2. The van der Waals surface area contributed by atoms with E-state index < -0.39 is 56.1 Å². The number of sulfonamides is 2. The summed E-state index contributed by atoms with van der Waals surface area (Å²) < 4.78 is 126. The number of rotatable bonds is 10. The highest BCUT2D eigenvalue weighted by atomic mass is 32.2. The Bertz CT molecular complexity index is 2880. The quantitative estimate of drug-likeness (QED) is 0.0763. The first-order chi connectivity index (χ1) is 26.0. The molecule has 0 radical (unpaired) electrons. The molecule has 0 atom stereocenters. The largest absolute Gasteiger partial charge is 0.508 e. The number of nitrogens with one attached hydrogen (secondary N) is 4. The van der Waals surface area contributed by atoms with Gasteiger partial charge in [0.25, 0.3) is 40.3 Å². The number of benzene rings is 6. The Morgan fingerprint density at radius 2 is 0.875 bits per heavy atom. The van der Waals surface area contributed by atoms with Crippen LogP contribution in [-0.2, 0) is 40.3 Å². The number of fused-ring (bicyclic) bond motifs is 2. The molecule has 6 aromatic rings. The van der Waals surface area contributed by atoms with E-state index >= 15 is 0 Å². The molecule has 0 bridgehead atoms. The van der Waals surface area contributed by atoms with E-state index in [0.29, 0.717) is 0 Å². The Labute approximate surface area is 320 Å². The minimum Gasteiger partial charge on any atom is -0.508 e. The zero-order valence-electron chi connectivity index (χ0n) is 28.8. The van der Waals surface area contributed by atoms with Gasteiger partial charge in [-0.1, -0.05) is 12.1 Å². The topological polar surface area (TPSA) is 283 Å². The zero-order chi connectivity index (χ0) is 41.0. The van der Waals surface area contributed by atoms with Crippen molar-refractivity contribution in [2.75, 3.05) is 20.1 Å². The van der Waals surface area contributed by atoms with Crippen molar-refractivity contribution in [1.82, 2.24) is 0 Å². The third-order valence-corrected chi connectivity index (χ3v) is 13.1. The summed E-state index contributed by atoms with van der Waals surface area (Å²) in [5.74, 6) is -0.487. The van der Waals surface area contributed by atoms with Crippen LogP contribution in [0.3, 0.4) is 0 Å². The van der Waals surface area contributed by atoms with Crippen LogP contribution in [0.2, 0.25) is 0 Å². The predicted octanol–water partition coefficient (Wildman–Crippen LogP) is 5.76. The van der Waals surface area contributed by atoms with Crippen molar-refractivity contribution in [3.05, 3.63) is 108 Å².